The molecular formula is C23H32F2O2. The Bertz CT molecular complexity index is 628. The van der Waals surface area contributed by atoms with Gasteiger partial charge in [-0.3, -0.25) is 0 Å². The minimum Gasteiger partial charge on any atom is -0.494 e. The van der Waals surface area contributed by atoms with Gasteiger partial charge < -0.3 is 9.47 Å². The van der Waals surface area contributed by atoms with Gasteiger partial charge in [0.05, 0.1) is 19.8 Å². The van der Waals surface area contributed by atoms with Gasteiger partial charge in [-0.05, 0) is 68.4 Å². The average molecular weight is 379 g/mol. The summed E-state index contributed by atoms with van der Waals surface area (Å²) in [6.45, 7) is 3.02. The fourth-order valence-corrected chi connectivity index (χ4v) is 4.59. The highest BCUT2D eigenvalue weighted by molar-refractivity contribution is 5.33. The first kappa shape index (κ1) is 20.3. The minimum absolute atomic E-state index is 0.0249. The molecular weight excluding hydrogens is 346 g/mol. The maximum atomic E-state index is 14.4. The molecule has 0 N–H and O–H groups in total. The summed E-state index contributed by atoms with van der Waals surface area (Å²) in [7, 11) is 1.36. The third-order valence-corrected chi connectivity index (χ3v) is 6.24. The molecule has 1 aromatic carbocycles. The first-order valence-corrected chi connectivity index (χ1v) is 10.4. The predicted octanol–water partition coefficient (Wildman–Crippen LogP) is 6.40. The Hall–Kier alpha value is -1.42. The van der Waals surface area contributed by atoms with E-state index in [4.69, 9.17) is 9.47 Å². The molecule has 1 saturated heterocycles. The first-order chi connectivity index (χ1) is 13.1. The van der Waals surface area contributed by atoms with Crippen molar-refractivity contribution in [2.45, 2.75) is 70.3 Å². The van der Waals surface area contributed by atoms with Crippen molar-refractivity contribution in [3.63, 3.8) is 0 Å². The summed E-state index contributed by atoms with van der Waals surface area (Å²) in [5.74, 6) is -0.435. The van der Waals surface area contributed by atoms with Crippen LogP contribution in [0.25, 0.3) is 0 Å². The summed E-state index contributed by atoms with van der Waals surface area (Å²) in [6, 6.07) is 3.23. The van der Waals surface area contributed by atoms with Gasteiger partial charge in [-0.1, -0.05) is 31.6 Å². The van der Waals surface area contributed by atoms with Gasteiger partial charge in [0.2, 0.25) is 5.82 Å². The van der Waals surface area contributed by atoms with E-state index in [0.717, 1.165) is 45.1 Å². The Kier molecular flexibility index (Phi) is 7.28. The molecule has 0 bridgehead atoms. The fraction of sp³-hybridized carbons (Fsp3) is 0.652. The molecule has 1 aliphatic carbocycles. The molecule has 1 heterocycles. The smallest absolute Gasteiger partial charge is 0.200 e. The van der Waals surface area contributed by atoms with E-state index in [-0.39, 0.29) is 11.7 Å². The van der Waals surface area contributed by atoms with Crippen molar-refractivity contribution in [3.8, 4) is 5.75 Å². The third-order valence-electron chi connectivity index (χ3n) is 6.24. The van der Waals surface area contributed by atoms with Gasteiger partial charge in [0, 0.05) is 5.92 Å². The quantitative estimate of drug-likeness (QED) is 0.533. The van der Waals surface area contributed by atoms with Crippen LogP contribution in [-0.4, -0.2) is 19.8 Å². The molecule has 2 fully saturated rings. The first-order valence-electron chi connectivity index (χ1n) is 10.4. The number of ether oxygens (including phenoxy) is 2. The van der Waals surface area contributed by atoms with E-state index in [0.29, 0.717) is 23.5 Å². The number of halogens is 2. The zero-order valence-corrected chi connectivity index (χ0v) is 16.6. The SMILES string of the molecule is CCC/C=C/C1CCC(C2CCC(c3ccc(OC)c(F)c3F)CC2)OC1. The Morgan fingerprint density at radius 1 is 1.07 bits per heavy atom. The standard InChI is InChI=1S/C23H32F2O2/c1-3-4-5-6-16-7-13-20(27-15-16)18-10-8-17(9-11-18)19-12-14-21(26-2)23(25)22(19)24/h5-6,12,14,16-18,20H,3-4,7-11,13,15H2,1-2H3/b6-5+. The van der Waals surface area contributed by atoms with Crippen LogP contribution >= 0.6 is 0 Å². The van der Waals surface area contributed by atoms with Gasteiger partial charge >= 0.3 is 0 Å². The molecule has 1 saturated carbocycles. The van der Waals surface area contributed by atoms with Crippen LogP contribution in [0.2, 0.25) is 0 Å². The zero-order chi connectivity index (χ0) is 19.2. The highest BCUT2D eigenvalue weighted by atomic mass is 19.2. The molecule has 150 valence electrons. The van der Waals surface area contributed by atoms with Crippen molar-refractivity contribution in [3.05, 3.63) is 41.5 Å². The van der Waals surface area contributed by atoms with Crippen molar-refractivity contribution in [1.82, 2.24) is 0 Å². The van der Waals surface area contributed by atoms with Gasteiger partial charge in [0.1, 0.15) is 0 Å². The van der Waals surface area contributed by atoms with Crippen LogP contribution in [0, 0.1) is 23.5 Å². The fourth-order valence-electron chi connectivity index (χ4n) is 4.59. The van der Waals surface area contributed by atoms with Crippen LogP contribution in [-0.2, 0) is 4.74 Å². The second kappa shape index (κ2) is 9.68. The molecule has 0 spiro atoms. The third kappa shape index (κ3) is 4.90. The largest absolute Gasteiger partial charge is 0.494 e. The van der Waals surface area contributed by atoms with Crippen LogP contribution in [0.3, 0.4) is 0 Å². The molecule has 2 atom stereocenters. The van der Waals surface area contributed by atoms with E-state index >= 15 is 0 Å². The van der Waals surface area contributed by atoms with Crippen molar-refractivity contribution in [2.75, 3.05) is 13.7 Å². The molecule has 1 aromatic rings. The molecule has 4 heteroatoms. The summed E-state index contributed by atoms with van der Waals surface area (Å²) in [5.41, 5.74) is 0.498. The van der Waals surface area contributed by atoms with Crippen LogP contribution in [0.4, 0.5) is 8.78 Å². The highest BCUT2D eigenvalue weighted by Crippen LogP contribution is 2.41. The van der Waals surface area contributed by atoms with Gasteiger partial charge in [-0.2, -0.15) is 4.39 Å². The van der Waals surface area contributed by atoms with E-state index < -0.39 is 11.6 Å². The topological polar surface area (TPSA) is 18.5 Å². The summed E-state index contributed by atoms with van der Waals surface area (Å²) in [5, 5.41) is 0. The van der Waals surface area contributed by atoms with Gasteiger partial charge in [0.15, 0.2) is 11.6 Å². The second-order valence-electron chi connectivity index (χ2n) is 8.02. The Morgan fingerprint density at radius 3 is 2.48 bits per heavy atom. The molecule has 1 aliphatic heterocycles. The minimum atomic E-state index is -0.866. The number of unbranched alkanes of at least 4 members (excludes halogenated alkanes) is 1. The number of hydrogen-bond acceptors (Lipinski definition) is 2. The van der Waals surface area contributed by atoms with Gasteiger partial charge in [-0.25, -0.2) is 4.39 Å². The Labute approximate surface area is 161 Å². The maximum absolute atomic E-state index is 14.4. The zero-order valence-electron chi connectivity index (χ0n) is 16.6. The lowest BCUT2D eigenvalue weighted by Crippen LogP contribution is -2.33. The van der Waals surface area contributed by atoms with Crippen molar-refractivity contribution >= 4 is 0 Å². The number of benzene rings is 1. The average Bonchev–Trinajstić information content (AvgIpc) is 2.71. The Balaban J connectivity index is 1.51. The van der Waals surface area contributed by atoms with E-state index in [9.17, 15) is 8.78 Å². The summed E-state index contributed by atoms with van der Waals surface area (Å²) in [6.07, 6.45) is 13.4. The number of methoxy groups -OCH3 is 1. The predicted molar refractivity (Wildman–Crippen MR) is 104 cm³/mol. The molecule has 0 amide bonds. The molecule has 2 aliphatic rings. The van der Waals surface area contributed by atoms with Crippen LogP contribution in [0.5, 0.6) is 5.75 Å². The van der Waals surface area contributed by atoms with Crippen LogP contribution < -0.4 is 4.74 Å². The lowest BCUT2D eigenvalue weighted by Gasteiger charge is -2.37. The van der Waals surface area contributed by atoms with Crippen LogP contribution in [0.15, 0.2) is 24.3 Å². The van der Waals surface area contributed by atoms with Gasteiger partial charge in [-0.15, -0.1) is 0 Å². The molecule has 3 rings (SSSR count). The highest BCUT2D eigenvalue weighted by Gasteiger charge is 2.33. The Morgan fingerprint density at radius 2 is 1.85 bits per heavy atom. The van der Waals surface area contributed by atoms with Crippen molar-refractivity contribution < 1.29 is 18.3 Å². The maximum Gasteiger partial charge on any atom is 0.200 e. The summed E-state index contributed by atoms with van der Waals surface area (Å²) < 4.78 is 39.4. The van der Waals surface area contributed by atoms with Crippen LogP contribution in [0.1, 0.15) is 69.8 Å². The van der Waals surface area contributed by atoms with Gasteiger partial charge in [0.25, 0.3) is 0 Å². The number of rotatable bonds is 6. The molecule has 27 heavy (non-hydrogen) atoms. The van der Waals surface area contributed by atoms with Crippen molar-refractivity contribution in [1.29, 1.82) is 0 Å². The van der Waals surface area contributed by atoms with E-state index in [1.807, 2.05) is 0 Å². The lowest BCUT2D eigenvalue weighted by atomic mass is 9.75. The monoisotopic (exact) mass is 378 g/mol. The van der Waals surface area contributed by atoms with E-state index in [1.54, 1.807) is 6.07 Å². The number of hydrogen-bond donors (Lipinski definition) is 0. The summed E-state index contributed by atoms with van der Waals surface area (Å²) in [4.78, 5) is 0. The second-order valence-corrected chi connectivity index (χ2v) is 8.02. The normalized spacial score (nSPS) is 29.2. The molecule has 0 radical (unpaired) electrons. The van der Waals surface area contributed by atoms with Crippen molar-refractivity contribution in [2.24, 2.45) is 11.8 Å². The summed E-state index contributed by atoms with van der Waals surface area (Å²) >= 11 is 0. The molecule has 2 nitrogen and oxygen atoms in total. The molecule has 2 unspecified atom stereocenters. The van der Waals surface area contributed by atoms with E-state index in [2.05, 4.69) is 19.1 Å². The lowest BCUT2D eigenvalue weighted by molar-refractivity contribution is -0.0471. The molecule has 0 aromatic heterocycles. The van der Waals surface area contributed by atoms with E-state index in [1.165, 1.54) is 26.0 Å². The number of allylic oxidation sites excluding steroid dienone is 1.